The van der Waals surface area contributed by atoms with Crippen molar-refractivity contribution in [2.24, 2.45) is 0 Å². The number of hydrogen-bond acceptors (Lipinski definition) is 5. The van der Waals surface area contributed by atoms with Crippen molar-refractivity contribution in [2.45, 2.75) is 45.3 Å². The van der Waals surface area contributed by atoms with Crippen molar-refractivity contribution in [3.8, 4) is 0 Å². The Labute approximate surface area is 117 Å². The third-order valence-corrected chi connectivity index (χ3v) is 5.29. The van der Waals surface area contributed by atoms with Crippen molar-refractivity contribution in [2.75, 3.05) is 38.5 Å². The third kappa shape index (κ3) is 4.70. The van der Waals surface area contributed by atoms with E-state index in [0.717, 1.165) is 52.0 Å². The predicted molar refractivity (Wildman–Crippen MR) is 75.4 cm³/mol. The van der Waals surface area contributed by atoms with E-state index in [1.807, 2.05) is 0 Å². The summed E-state index contributed by atoms with van der Waals surface area (Å²) >= 11 is 0. The summed E-state index contributed by atoms with van der Waals surface area (Å²) in [6.45, 7) is 6.82. The summed E-state index contributed by atoms with van der Waals surface area (Å²) in [5.41, 5.74) is 0. The molecule has 2 bridgehead atoms. The van der Waals surface area contributed by atoms with Gasteiger partial charge in [0.2, 0.25) is 0 Å². The molecule has 0 saturated carbocycles. The Hall–Kier alpha value is -0.170. The molecule has 1 atom stereocenters. The lowest BCUT2D eigenvalue weighted by Crippen LogP contribution is -2.62. The molecule has 0 aromatic heterocycles. The Morgan fingerprint density at radius 1 is 1.05 bits per heavy atom. The predicted octanol–water partition coefficient (Wildman–Crippen LogP) is 1.26. The van der Waals surface area contributed by atoms with Crippen molar-refractivity contribution < 1.29 is 12.6 Å². The van der Waals surface area contributed by atoms with Crippen LogP contribution >= 0.6 is 0 Å². The molecular formula is C13H26N2O3S. The second-order valence-electron chi connectivity index (χ2n) is 5.56. The minimum Gasteiger partial charge on any atom is -0.297 e. The van der Waals surface area contributed by atoms with Gasteiger partial charge in [0, 0.05) is 32.7 Å². The first-order valence-electron chi connectivity index (χ1n) is 7.48. The summed E-state index contributed by atoms with van der Waals surface area (Å²) in [5, 5.41) is 0. The quantitative estimate of drug-likeness (QED) is 0.497. The Bertz CT molecular complexity index is 364. The molecule has 0 amide bonds. The van der Waals surface area contributed by atoms with E-state index in [1.165, 1.54) is 12.8 Å². The molecule has 0 aromatic carbocycles. The molecule has 19 heavy (non-hydrogen) atoms. The fraction of sp³-hybridized carbons (Fsp3) is 1.00. The summed E-state index contributed by atoms with van der Waals surface area (Å²) in [4.78, 5) is 4.43. The van der Waals surface area contributed by atoms with Gasteiger partial charge in [-0.25, -0.2) is 4.18 Å². The van der Waals surface area contributed by atoms with Crippen LogP contribution in [0.15, 0.2) is 0 Å². The molecule has 0 aliphatic carbocycles. The topological polar surface area (TPSA) is 49.9 Å². The molecule has 1 unspecified atom stereocenters. The zero-order valence-corrected chi connectivity index (χ0v) is 12.7. The summed E-state index contributed by atoms with van der Waals surface area (Å²) in [6, 6.07) is 0. The van der Waals surface area contributed by atoms with Gasteiger partial charge in [0.15, 0.2) is 0 Å². The van der Waals surface area contributed by atoms with Crippen LogP contribution in [0.4, 0.5) is 0 Å². The average molecular weight is 290 g/mol. The molecule has 3 aliphatic heterocycles. The molecule has 3 fully saturated rings. The molecule has 0 radical (unpaired) electrons. The summed E-state index contributed by atoms with van der Waals surface area (Å²) in [7, 11) is -3.36. The second-order valence-corrected chi connectivity index (χ2v) is 7.28. The Kier molecular flexibility index (Phi) is 5.62. The molecule has 112 valence electrons. The van der Waals surface area contributed by atoms with Crippen LogP contribution in [-0.2, 0) is 14.3 Å². The van der Waals surface area contributed by atoms with E-state index in [9.17, 15) is 8.42 Å². The highest BCUT2D eigenvalue weighted by Gasteiger charge is 2.35. The van der Waals surface area contributed by atoms with E-state index in [4.69, 9.17) is 4.18 Å². The van der Waals surface area contributed by atoms with Crippen molar-refractivity contribution >= 4 is 10.1 Å². The highest BCUT2D eigenvalue weighted by Crippen LogP contribution is 2.19. The van der Waals surface area contributed by atoms with Gasteiger partial charge in [-0.1, -0.05) is 32.6 Å². The van der Waals surface area contributed by atoms with Gasteiger partial charge in [0.1, 0.15) is 6.23 Å². The number of fused-ring (bicyclic) bond motifs is 3. The van der Waals surface area contributed by atoms with E-state index < -0.39 is 10.1 Å². The lowest BCUT2D eigenvalue weighted by atomic mass is 10.2. The largest absolute Gasteiger partial charge is 0.297 e. The molecule has 6 heteroatoms. The summed E-state index contributed by atoms with van der Waals surface area (Å²) < 4.78 is 29.3. The first-order chi connectivity index (χ1) is 9.11. The zero-order valence-electron chi connectivity index (χ0n) is 11.9. The molecule has 0 spiro atoms. The van der Waals surface area contributed by atoms with Crippen LogP contribution in [0.25, 0.3) is 0 Å². The van der Waals surface area contributed by atoms with E-state index in [1.54, 1.807) is 0 Å². The van der Waals surface area contributed by atoms with Crippen molar-refractivity contribution in [3.63, 3.8) is 0 Å². The molecule has 3 saturated heterocycles. The smallest absolute Gasteiger partial charge is 0.268 e. The van der Waals surface area contributed by atoms with Gasteiger partial charge in [0.25, 0.3) is 10.1 Å². The van der Waals surface area contributed by atoms with Crippen LogP contribution in [0.3, 0.4) is 0 Å². The van der Waals surface area contributed by atoms with Gasteiger partial charge in [-0.05, 0) is 6.42 Å². The monoisotopic (exact) mass is 290 g/mol. The van der Waals surface area contributed by atoms with Gasteiger partial charge in [-0.3, -0.25) is 9.80 Å². The molecule has 0 aromatic rings. The van der Waals surface area contributed by atoms with Crippen LogP contribution < -0.4 is 0 Å². The first-order valence-corrected chi connectivity index (χ1v) is 9.06. The SMILES string of the molecule is CCCCCCCS(=O)(=O)OC1CN2CCN1CC2. The van der Waals surface area contributed by atoms with Crippen molar-refractivity contribution in [3.05, 3.63) is 0 Å². The number of piperazine rings is 3. The number of nitrogens with zero attached hydrogens (tertiary/aromatic N) is 2. The van der Waals surface area contributed by atoms with Gasteiger partial charge >= 0.3 is 0 Å². The molecular weight excluding hydrogens is 264 g/mol. The van der Waals surface area contributed by atoms with Crippen molar-refractivity contribution in [1.82, 2.24) is 9.80 Å². The molecule has 3 aliphatic rings. The lowest BCUT2D eigenvalue weighted by Gasteiger charge is -2.46. The minimum absolute atomic E-state index is 0.168. The zero-order chi connectivity index (χ0) is 13.7. The van der Waals surface area contributed by atoms with Crippen LogP contribution in [-0.4, -0.2) is 62.9 Å². The van der Waals surface area contributed by atoms with E-state index in [2.05, 4.69) is 16.7 Å². The fourth-order valence-electron chi connectivity index (χ4n) is 2.76. The van der Waals surface area contributed by atoms with E-state index >= 15 is 0 Å². The average Bonchev–Trinajstić information content (AvgIpc) is 2.39. The summed E-state index contributed by atoms with van der Waals surface area (Å²) in [5.74, 6) is 0.168. The maximum absolute atomic E-state index is 11.9. The minimum atomic E-state index is -3.36. The Morgan fingerprint density at radius 2 is 1.74 bits per heavy atom. The third-order valence-electron chi connectivity index (χ3n) is 3.98. The lowest BCUT2D eigenvalue weighted by molar-refractivity contribution is -0.0763. The number of hydrogen-bond donors (Lipinski definition) is 0. The van der Waals surface area contributed by atoms with Gasteiger partial charge in [0.05, 0.1) is 5.75 Å². The van der Waals surface area contributed by atoms with E-state index in [-0.39, 0.29) is 12.0 Å². The number of unbranched alkanes of at least 4 members (excludes halogenated alkanes) is 4. The van der Waals surface area contributed by atoms with Crippen LogP contribution in [0.1, 0.15) is 39.0 Å². The van der Waals surface area contributed by atoms with Gasteiger partial charge in [-0.2, -0.15) is 8.42 Å². The maximum Gasteiger partial charge on any atom is 0.268 e. The van der Waals surface area contributed by atoms with Gasteiger partial charge in [-0.15, -0.1) is 0 Å². The Balaban J connectivity index is 1.71. The maximum atomic E-state index is 11.9. The Morgan fingerprint density at radius 3 is 2.32 bits per heavy atom. The van der Waals surface area contributed by atoms with Crippen LogP contribution in [0, 0.1) is 0 Å². The van der Waals surface area contributed by atoms with Crippen LogP contribution in [0.5, 0.6) is 0 Å². The van der Waals surface area contributed by atoms with E-state index in [0.29, 0.717) is 0 Å². The molecule has 3 rings (SSSR count). The molecule has 3 heterocycles. The first kappa shape index (κ1) is 15.2. The summed E-state index contributed by atoms with van der Waals surface area (Å²) in [6.07, 6.45) is 4.94. The normalized spacial score (nSPS) is 30.7. The standard InChI is InChI=1S/C13H26N2O3S/c1-2-3-4-5-6-11-19(16,17)18-13-12-14-7-9-15(13)10-8-14/h13H,2-12H2,1H3. The highest BCUT2D eigenvalue weighted by atomic mass is 32.2. The van der Waals surface area contributed by atoms with Crippen LogP contribution in [0.2, 0.25) is 0 Å². The molecule has 0 N–H and O–H groups in total. The highest BCUT2D eigenvalue weighted by molar-refractivity contribution is 7.86. The van der Waals surface area contributed by atoms with Crippen molar-refractivity contribution in [1.29, 1.82) is 0 Å². The van der Waals surface area contributed by atoms with Gasteiger partial charge < -0.3 is 0 Å². The second kappa shape index (κ2) is 7.02. The molecule has 5 nitrogen and oxygen atoms in total. The number of rotatable bonds is 8. The fourth-order valence-corrected chi connectivity index (χ4v) is 3.94.